The van der Waals surface area contributed by atoms with E-state index in [1.165, 1.54) is 25.3 Å². The summed E-state index contributed by atoms with van der Waals surface area (Å²) in [7, 11) is 1.28. The topological polar surface area (TPSA) is 81.4 Å². The fourth-order valence-corrected chi connectivity index (χ4v) is 1.63. The lowest BCUT2D eigenvalue weighted by Gasteiger charge is -2.26. The largest absolute Gasteiger partial charge is 0.465 e. The van der Waals surface area contributed by atoms with Crippen LogP contribution in [0, 0.1) is 5.41 Å². The van der Waals surface area contributed by atoms with E-state index in [1.807, 2.05) is 20.8 Å². The zero-order valence-electron chi connectivity index (χ0n) is 12.0. The van der Waals surface area contributed by atoms with Crippen molar-refractivity contribution in [2.24, 2.45) is 11.1 Å². The van der Waals surface area contributed by atoms with Crippen LogP contribution in [0.25, 0.3) is 0 Å². The molecule has 1 aromatic carbocycles. The Kier molecular flexibility index (Phi) is 5.14. The van der Waals surface area contributed by atoms with Crippen LogP contribution in [-0.2, 0) is 9.53 Å². The monoisotopic (exact) mass is 298 g/mol. The maximum absolute atomic E-state index is 12.1. The molecule has 1 unspecified atom stereocenters. The summed E-state index contributed by atoms with van der Waals surface area (Å²) in [6.07, 6.45) is 0. The summed E-state index contributed by atoms with van der Waals surface area (Å²) in [5.74, 6) is -0.862. The quantitative estimate of drug-likeness (QED) is 0.840. The molecule has 1 amide bonds. The predicted octanol–water partition coefficient (Wildman–Crippen LogP) is 2.44. The highest BCUT2D eigenvalue weighted by atomic mass is 35.5. The van der Waals surface area contributed by atoms with E-state index in [2.05, 4.69) is 10.1 Å². The molecule has 0 saturated carbocycles. The Labute approximate surface area is 123 Å². The molecule has 0 fully saturated rings. The number of amides is 1. The van der Waals surface area contributed by atoms with Crippen LogP contribution in [0.2, 0.25) is 5.02 Å². The van der Waals surface area contributed by atoms with Gasteiger partial charge in [-0.3, -0.25) is 4.79 Å². The minimum Gasteiger partial charge on any atom is -0.465 e. The number of carbonyl (C=O) groups excluding carboxylic acids is 2. The van der Waals surface area contributed by atoms with E-state index in [9.17, 15) is 9.59 Å². The molecule has 0 heterocycles. The van der Waals surface area contributed by atoms with Gasteiger partial charge >= 0.3 is 5.97 Å². The highest BCUT2D eigenvalue weighted by Gasteiger charge is 2.28. The van der Waals surface area contributed by atoms with Gasteiger partial charge in [-0.15, -0.1) is 0 Å². The van der Waals surface area contributed by atoms with Crippen LogP contribution in [0.5, 0.6) is 0 Å². The third-order valence-corrected chi connectivity index (χ3v) is 3.19. The SMILES string of the molecule is COC(=O)c1ccc(Cl)c(NC(=O)C(N)C(C)(C)C)c1. The standard InChI is InChI=1S/C14H19ClN2O3/c1-14(2,3)11(16)12(18)17-10-7-8(13(19)20-4)5-6-9(10)15/h5-7,11H,16H2,1-4H3,(H,17,18). The van der Waals surface area contributed by atoms with Gasteiger partial charge in [-0.1, -0.05) is 32.4 Å². The second kappa shape index (κ2) is 6.24. The molecule has 0 aliphatic rings. The Balaban J connectivity index is 2.97. The van der Waals surface area contributed by atoms with Crippen molar-refractivity contribution < 1.29 is 14.3 Å². The molecule has 0 bridgehead atoms. The lowest BCUT2D eigenvalue weighted by atomic mass is 9.87. The molecule has 20 heavy (non-hydrogen) atoms. The summed E-state index contributed by atoms with van der Waals surface area (Å²) in [5.41, 5.74) is 6.13. The van der Waals surface area contributed by atoms with Gasteiger partial charge in [-0.25, -0.2) is 4.79 Å². The van der Waals surface area contributed by atoms with Crippen LogP contribution >= 0.6 is 11.6 Å². The van der Waals surface area contributed by atoms with Crippen LogP contribution in [0.3, 0.4) is 0 Å². The van der Waals surface area contributed by atoms with Crippen molar-refractivity contribution in [3.63, 3.8) is 0 Å². The Morgan fingerprint density at radius 3 is 2.45 bits per heavy atom. The molecule has 0 aromatic heterocycles. The fourth-order valence-electron chi connectivity index (χ4n) is 1.47. The van der Waals surface area contributed by atoms with Crippen LogP contribution in [0.4, 0.5) is 5.69 Å². The van der Waals surface area contributed by atoms with Crippen LogP contribution in [0.15, 0.2) is 18.2 Å². The number of carbonyl (C=O) groups is 2. The molecule has 1 aromatic rings. The Hall–Kier alpha value is -1.59. The van der Waals surface area contributed by atoms with Gasteiger partial charge in [0, 0.05) is 0 Å². The maximum Gasteiger partial charge on any atom is 0.337 e. The highest BCUT2D eigenvalue weighted by molar-refractivity contribution is 6.34. The minimum atomic E-state index is -0.694. The van der Waals surface area contributed by atoms with E-state index >= 15 is 0 Å². The maximum atomic E-state index is 12.1. The number of anilines is 1. The van der Waals surface area contributed by atoms with Crippen molar-refractivity contribution in [2.75, 3.05) is 12.4 Å². The molecule has 0 aliphatic heterocycles. The summed E-state index contributed by atoms with van der Waals surface area (Å²) in [6.45, 7) is 5.59. The lowest BCUT2D eigenvalue weighted by Crippen LogP contribution is -2.45. The number of ether oxygens (including phenoxy) is 1. The summed E-state index contributed by atoms with van der Waals surface area (Å²) < 4.78 is 4.62. The van der Waals surface area contributed by atoms with Crippen molar-refractivity contribution in [3.05, 3.63) is 28.8 Å². The zero-order valence-corrected chi connectivity index (χ0v) is 12.7. The molecule has 0 aliphatic carbocycles. The van der Waals surface area contributed by atoms with Crippen molar-refractivity contribution in [1.82, 2.24) is 0 Å². The summed E-state index contributed by atoms with van der Waals surface area (Å²) >= 11 is 6.00. The molecule has 3 N–H and O–H groups in total. The number of hydrogen-bond donors (Lipinski definition) is 2. The first-order valence-corrected chi connectivity index (χ1v) is 6.49. The van der Waals surface area contributed by atoms with E-state index in [0.717, 1.165) is 0 Å². The van der Waals surface area contributed by atoms with E-state index in [1.54, 1.807) is 0 Å². The van der Waals surface area contributed by atoms with Gasteiger partial charge in [0.1, 0.15) is 0 Å². The van der Waals surface area contributed by atoms with Crippen LogP contribution < -0.4 is 11.1 Å². The summed E-state index contributed by atoms with van der Waals surface area (Å²) in [5, 5.41) is 2.96. The predicted molar refractivity (Wildman–Crippen MR) is 78.9 cm³/mol. The number of rotatable bonds is 3. The van der Waals surface area contributed by atoms with E-state index < -0.39 is 12.0 Å². The third kappa shape index (κ3) is 3.95. The fraction of sp³-hybridized carbons (Fsp3) is 0.429. The number of nitrogens with one attached hydrogen (secondary N) is 1. The third-order valence-electron chi connectivity index (χ3n) is 2.86. The van der Waals surface area contributed by atoms with Gasteiger partial charge in [0.15, 0.2) is 0 Å². The van der Waals surface area contributed by atoms with Crippen LogP contribution in [0.1, 0.15) is 31.1 Å². The van der Waals surface area contributed by atoms with Gasteiger partial charge < -0.3 is 15.8 Å². The molecular weight excluding hydrogens is 280 g/mol. The average Bonchev–Trinajstić information content (AvgIpc) is 2.38. The number of halogens is 1. The molecule has 110 valence electrons. The van der Waals surface area contributed by atoms with Crippen molar-refractivity contribution in [3.8, 4) is 0 Å². The smallest absolute Gasteiger partial charge is 0.337 e. The molecular formula is C14H19ClN2O3. The van der Waals surface area contributed by atoms with Crippen molar-refractivity contribution in [2.45, 2.75) is 26.8 Å². The molecule has 0 saturated heterocycles. The number of hydrogen-bond acceptors (Lipinski definition) is 4. The first-order valence-electron chi connectivity index (χ1n) is 6.11. The molecule has 0 spiro atoms. The second-order valence-corrected chi connectivity index (χ2v) is 5.93. The van der Waals surface area contributed by atoms with E-state index in [-0.39, 0.29) is 11.3 Å². The van der Waals surface area contributed by atoms with Gasteiger partial charge in [0.2, 0.25) is 5.91 Å². The summed E-state index contributed by atoms with van der Waals surface area (Å²) in [4.78, 5) is 23.5. The van der Waals surface area contributed by atoms with Crippen molar-refractivity contribution in [1.29, 1.82) is 0 Å². The molecule has 5 nitrogen and oxygen atoms in total. The van der Waals surface area contributed by atoms with Gasteiger partial charge in [-0.05, 0) is 23.6 Å². The molecule has 0 radical (unpaired) electrons. The Bertz CT molecular complexity index is 524. The summed E-state index contributed by atoms with van der Waals surface area (Å²) in [6, 6.07) is 3.81. The number of nitrogens with two attached hydrogens (primary N) is 1. The zero-order chi connectivity index (χ0) is 15.5. The highest BCUT2D eigenvalue weighted by Crippen LogP contribution is 2.25. The normalized spacial score (nSPS) is 12.7. The molecule has 1 rings (SSSR count). The van der Waals surface area contributed by atoms with E-state index in [0.29, 0.717) is 16.3 Å². The lowest BCUT2D eigenvalue weighted by molar-refractivity contribution is -0.119. The average molecular weight is 299 g/mol. The molecule has 1 atom stereocenters. The first kappa shape index (κ1) is 16.5. The van der Waals surface area contributed by atoms with E-state index in [4.69, 9.17) is 17.3 Å². The molecule has 6 heteroatoms. The van der Waals surface area contributed by atoms with Gasteiger partial charge in [0.05, 0.1) is 29.4 Å². The Morgan fingerprint density at radius 2 is 1.95 bits per heavy atom. The minimum absolute atomic E-state index is 0.302. The first-order chi connectivity index (χ1) is 9.16. The van der Waals surface area contributed by atoms with Gasteiger partial charge in [-0.2, -0.15) is 0 Å². The Morgan fingerprint density at radius 1 is 1.35 bits per heavy atom. The number of methoxy groups -OCH3 is 1. The number of benzene rings is 1. The van der Waals surface area contributed by atoms with Crippen LogP contribution in [-0.4, -0.2) is 25.0 Å². The van der Waals surface area contributed by atoms with Crippen molar-refractivity contribution >= 4 is 29.2 Å². The number of esters is 1. The van der Waals surface area contributed by atoms with Gasteiger partial charge in [0.25, 0.3) is 0 Å². The second-order valence-electron chi connectivity index (χ2n) is 5.52.